The Labute approximate surface area is 152 Å². The predicted octanol–water partition coefficient (Wildman–Crippen LogP) is 3.62. The van der Waals surface area contributed by atoms with Crippen molar-refractivity contribution in [2.24, 2.45) is 0 Å². The Hall–Kier alpha value is -3.18. The Kier molecular flexibility index (Phi) is 3.30. The maximum atomic E-state index is 12.9. The van der Waals surface area contributed by atoms with Gasteiger partial charge in [-0.3, -0.25) is 4.79 Å². The Morgan fingerprint density at radius 1 is 1.00 bits per heavy atom. The van der Waals surface area contributed by atoms with Crippen LogP contribution in [-0.4, -0.2) is 16.5 Å². The smallest absolute Gasteiger partial charge is 0.274 e. The number of benzene rings is 3. The summed E-state index contributed by atoms with van der Waals surface area (Å²) in [5.74, 6) is 0.826. The molecular formula is C21H14N2O2S. The van der Waals surface area contributed by atoms with Gasteiger partial charge in [0.25, 0.3) is 5.56 Å². The maximum Gasteiger partial charge on any atom is 0.274 e. The average molecular weight is 358 g/mol. The van der Waals surface area contributed by atoms with E-state index in [9.17, 15) is 4.79 Å². The third-order valence-corrected chi connectivity index (χ3v) is 5.54. The van der Waals surface area contributed by atoms with Crippen LogP contribution in [0.1, 0.15) is 5.56 Å². The zero-order valence-corrected chi connectivity index (χ0v) is 14.8. The SMILES string of the molecule is COc1ccc(/C=c2\sc3nc4ccccc4n3c2=O)c2ccccc12. The predicted molar refractivity (Wildman–Crippen MR) is 106 cm³/mol. The first kappa shape index (κ1) is 15.1. The number of fused-ring (bicyclic) bond motifs is 4. The summed E-state index contributed by atoms with van der Waals surface area (Å²) in [7, 11) is 1.67. The van der Waals surface area contributed by atoms with Crippen molar-refractivity contribution in [3.8, 4) is 5.75 Å². The molecule has 0 saturated heterocycles. The van der Waals surface area contributed by atoms with E-state index >= 15 is 0 Å². The highest BCUT2D eigenvalue weighted by molar-refractivity contribution is 7.15. The molecule has 5 heteroatoms. The molecule has 5 rings (SSSR count). The first-order chi connectivity index (χ1) is 12.8. The number of methoxy groups -OCH3 is 1. The molecule has 2 aromatic heterocycles. The molecule has 0 atom stereocenters. The van der Waals surface area contributed by atoms with Crippen molar-refractivity contribution in [2.75, 3.05) is 7.11 Å². The van der Waals surface area contributed by atoms with Crippen molar-refractivity contribution in [2.45, 2.75) is 0 Å². The van der Waals surface area contributed by atoms with Gasteiger partial charge in [0.1, 0.15) is 5.75 Å². The van der Waals surface area contributed by atoms with E-state index in [2.05, 4.69) is 4.98 Å². The molecule has 0 amide bonds. The molecule has 4 nitrogen and oxygen atoms in total. The molecule has 5 aromatic rings. The number of hydrogen-bond donors (Lipinski definition) is 0. The largest absolute Gasteiger partial charge is 0.496 e. The molecule has 3 aromatic carbocycles. The van der Waals surface area contributed by atoms with E-state index in [0.29, 0.717) is 4.53 Å². The van der Waals surface area contributed by atoms with Crippen LogP contribution in [-0.2, 0) is 0 Å². The topological polar surface area (TPSA) is 43.6 Å². The Bertz CT molecular complexity index is 1400. The highest BCUT2D eigenvalue weighted by Crippen LogP contribution is 2.28. The lowest BCUT2D eigenvalue weighted by molar-refractivity contribution is 0.420. The van der Waals surface area contributed by atoms with Crippen LogP contribution in [0.25, 0.3) is 32.8 Å². The zero-order chi connectivity index (χ0) is 17.7. The normalized spacial score (nSPS) is 12.4. The van der Waals surface area contributed by atoms with Gasteiger partial charge in [-0.2, -0.15) is 0 Å². The molecular weight excluding hydrogens is 344 g/mol. The lowest BCUT2D eigenvalue weighted by Gasteiger charge is -2.07. The quantitative estimate of drug-likeness (QED) is 0.484. The summed E-state index contributed by atoms with van der Waals surface area (Å²) in [6, 6.07) is 19.7. The van der Waals surface area contributed by atoms with E-state index in [4.69, 9.17) is 4.74 Å². The summed E-state index contributed by atoms with van der Waals surface area (Å²) in [6.07, 6.45) is 1.94. The molecule has 0 unspecified atom stereocenters. The van der Waals surface area contributed by atoms with Crippen LogP contribution in [0.5, 0.6) is 5.75 Å². The fourth-order valence-electron chi connectivity index (χ4n) is 3.35. The highest BCUT2D eigenvalue weighted by atomic mass is 32.1. The fourth-order valence-corrected chi connectivity index (χ4v) is 4.33. The van der Waals surface area contributed by atoms with Crippen molar-refractivity contribution in [3.63, 3.8) is 0 Å². The monoisotopic (exact) mass is 358 g/mol. The van der Waals surface area contributed by atoms with Gasteiger partial charge >= 0.3 is 0 Å². The van der Waals surface area contributed by atoms with E-state index in [0.717, 1.165) is 38.1 Å². The van der Waals surface area contributed by atoms with Crippen molar-refractivity contribution >= 4 is 44.2 Å². The number of ether oxygens (including phenoxy) is 1. The van der Waals surface area contributed by atoms with Crippen molar-refractivity contribution in [3.05, 3.63) is 81.1 Å². The molecule has 0 saturated carbocycles. The number of hydrogen-bond acceptors (Lipinski definition) is 4. The maximum absolute atomic E-state index is 12.9. The van der Waals surface area contributed by atoms with Gasteiger partial charge < -0.3 is 4.74 Å². The standard InChI is InChI=1S/C21H14N2O2S/c1-25-18-11-10-13(14-6-2-3-7-15(14)18)12-19-20(24)23-17-9-5-4-8-16(17)22-21(23)26-19/h2-12H,1H3/b19-12-. The average Bonchev–Trinajstić information content (AvgIpc) is 3.18. The molecule has 0 N–H and O–H groups in total. The Morgan fingerprint density at radius 3 is 2.62 bits per heavy atom. The van der Waals surface area contributed by atoms with Crippen LogP contribution in [0.4, 0.5) is 0 Å². The van der Waals surface area contributed by atoms with Gasteiger partial charge in [-0.25, -0.2) is 9.38 Å². The Balaban J connectivity index is 1.81. The summed E-state index contributed by atoms with van der Waals surface area (Å²) >= 11 is 1.42. The third-order valence-electron chi connectivity index (χ3n) is 4.57. The minimum atomic E-state index is -0.0291. The lowest BCUT2D eigenvalue weighted by atomic mass is 10.0. The van der Waals surface area contributed by atoms with Gasteiger partial charge in [0.05, 0.1) is 22.7 Å². The van der Waals surface area contributed by atoms with Crippen molar-refractivity contribution in [1.29, 1.82) is 0 Å². The second-order valence-electron chi connectivity index (χ2n) is 6.04. The molecule has 0 fully saturated rings. The molecule has 2 heterocycles. The van der Waals surface area contributed by atoms with Gasteiger partial charge in [0.15, 0.2) is 4.96 Å². The summed E-state index contributed by atoms with van der Waals surface area (Å²) in [5, 5.41) is 2.09. The van der Waals surface area contributed by atoms with E-state index in [1.165, 1.54) is 11.3 Å². The number of imidazole rings is 1. The second kappa shape index (κ2) is 5.68. The molecule has 0 radical (unpaired) electrons. The van der Waals surface area contributed by atoms with Crippen LogP contribution in [0.2, 0.25) is 0 Å². The molecule has 0 bridgehead atoms. The lowest BCUT2D eigenvalue weighted by Crippen LogP contribution is -2.22. The molecule has 0 aliphatic heterocycles. The van der Waals surface area contributed by atoms with Crippen LogP contribution < -0.4 is 14.8 Å². The summed E-state index contributed by atoms with van der Waals surface area (Å²) in [6.45, 7) is 0. The summed E-state index contributed by atoms with van der Waals surface area (Å²) < 4.78 is 7.82. The van der Waals surface area contributed by atoms with E-state index in [1.54, 1.807) is 11.5 Å². The molecule has 0 aliphatic carbocycles. The summed E-state index contributed by atoms with van der Waals surface area (Å²) in [5.41, 5.74) is 2.66. The highest BCUT2D eigenvalue weighted by Gasteiger charge is 2.11. The Morgan fingerprint density at radius 2 is 1.77 bits per heavy atom. The second-order valence-corrected chi connectivity index (χ2v) is 7.05. The minimum Gasteiger partial charge on any atom is -0.496 e. The van der Waals surface area contributed by atoms with Crippen molar-refractivity contribution < 1.29 is 4.74 Å². The van der Waals surface area contributed by atoms with Crippen LogP contribution in [0, 0.1) is 0 Å². The third kappa shape index (κ3) is 2.14. The number of para-hydroxylation sites is 2. The summed E-state index contributed by atoms with van der Waals surface area (Å²) in [4.78, 5) is 18.2. The number of aromatic nitrogens is 2. The van der Waals surface area contributed by atoms with Crippen molar-refractivity contribution in [1.82, 2.24) is 9.38 Å². The molecule has 26 heavy (non-hydrogen) atoms. The molecule has 0 spiro atoms. The number of thiazole rings is 1. The van der Waals surface area contributed by atoms with Crippen LogP contribution in [0.3, 0.4) is 0 Å². The van der Waals surface area contributed by atoms with Gasteiger partial charge in [-0.15, -0.1) is 0 Å². The molecule has 0 aliphatic rings. The van der Waals surface area contributed by atoms with Gasteiger partial charge in [-0.1, -0.05) is 53.8 Å². The van der Waals surface area contributed by atoms with Gasteiger partial charge in [-0.05, 0) is 35.2 Å². The van der Waals surface area contributed by atoms with E-state index < -0.39 is 0 Å². The number of rotatable bonds is 2. The van der Waals surface area contributed by atoms with Crippen LogP contribution >= 0.6 is 11.3 Å². The van der Waals surface area contributed by atoms with E-state index in [-0.39, 0.29) is 5.56 Å². The van der Waals surface area contributed by atoms with E-state index in [1.807, 2.05) is 66.7 Å². The first-order valence-corrected chi connectivity index (χ1v) is 9.05. The zero-order valence-electron chi connectivity index (χ0n) is 14.0. The van der Waals surface area contributed by atoms with Gasteiger partial charge in [0, 0.05) is 5.39 Å². The fraction of sp³-hybridized carbons (Fsp3) is 0.0476. The number of nitrogens with zero attached hydrogens (tertiary/aromatic N) is 2. The van der Waals surface area contributed by atoms with Gasteiger partial charge in [0.2, 0.25) is 0 Å². The molecule has 126 valence electrons. The first-order valence-electron chi connectivity index (χ1n) is 8.24. The van der Waals surface area contributed by atoms with Crippen LogP contribution in [0.15, 0.2) is 65.5 Å². The minimum absolute atomic E-state index is 0.0291.